The van der Waals surface area contributed by atoms with Crippen molar-refractivity contribution in [3.63, 3.8) is 0 Å². The first-order chi connectivity index (χ1) is 9.38. The van der Waals surface area contributed by atoms with Crippen molar-refractivity contribution < 1.29 is 0 Å². The van der Waals surface area contributed by atoms with Crippen LogP contribution in [0.15, 0.2) is 42.7 Å². The first-order valence-corrected chi connectivity index (χ1v) is 6.42. The fraction of sp³-hybridized carbons (Fsp3) is 0.286. The minimum absolute atomic E-state index is 0.584. The van der Waals surface area contributed by atoms with Crippen molar-refractivity contribution in [2.75, 3.05) is 30.3 Å². The third kappa shape index (κ3) is 4.56. The Bertz CT molecular complexity index is 486. The summed E-state index contributed by atoms with van der Waals surface area (Å²) in [5, 5.41) is 6.41. The molecule has 2 aromatic rings. The smallest absolute Gasteiger partial charge is 0.131 e. The fourth-order valence-corrected chi connectivity index (χ4v) is 1.73. The molecule has 1 heterocycles. The first kappa shape index (κ1) is 13.3. The summed E-state index contributed by atoms with van der Waals surface area (Å²) in [7, 11) is 0. The van der Waals surface area contributed by atoms with Crippen molar-refractivity contribution in [2.24, 2.45) is 5.73 Å². The molecule has 0 unspecified atom stereocenters. The minimum atomic E-state index is 0.584. The molecule has 0 spiro atoms. The van der Waals surface area contributed by atoms with Crippen molar-refractivity contribution in [2.45, 2.75) is 6.42 Å². The summed E-state index contributed by atoms with van der Waals surface area (Å²) in [6.07, 6.45) is 2.51. The summed E-state index contributed by atoms with van der Waals surface area (Å²) >= 11 is 0. The van der Waals surface area contributed by atoms with Crippen LogP contribution in [0.1, 0.15) is 5.56 Å². The van der Waals surface area contributed by atoms with Crippen LogP contribution >= 0.6 is 0 Å². The van der Waals surface area contributed by atoms with Crippen LogP contribution in [0.25, 0.3) is 0 Å². The zero-order chi connectivity index (χ0) is 13.3. The first-order valence-electron chi connectivity index (χ1n) is 6.42. The Kier molecular flexibility index (Phi) is 5.13. The van der Waals surface area contributed by atoms with Gasteiger partial charge in [0.05, 0.1) is 0 Å². The predicted octanol–water partition coefficient (Wildman–Crippen LogP) is 1.50. The molecule has 1 aromatic carbocycles. The molecular formula is C14H19N5. The minimum Gasteiger partial charge on any atom is -0.370 e. The van der Waals surface area contributed by atoms with Crippen LogP contribution in [-0.2, 0) is 6.42 Å². The van der Waals surface area contributed by atoms with E-state index in [0.29, 0.717) is 13.1 Å². The Morgan fingerprint density at radius 3 is 2.32 bits per heavy atom. The van der Waals surface area contributed by atoms with Crippen LogP contribution in [0.4, 0.5) is 11.6 Å². The molecule has 0 aliphatic rings. The summed E-state index contributed by atoms with van der Waals surface area (Å²) in [6.45, 7) is 2.14. The molecule has 0 atom stereocenters. The number of rotatable bonds is 7. The third-order valence-electron chi connectivity index (χ3n) is 2.68. The number of anilines is 2. The van der Waals surface area contributed by atoms with Crippen molar-refractivity contribution in [1.29, 1.82) is 0 Å². The molecule has 4 N–H and O–H groups in total. The number of hydrogen-bond donors (Lipinski definition) is 3. The fourth-order valence-electron chi connectivity index (χ4n) is 1.73. The summed E-state index contributed by atoms with van der Waals surface area (Å²) < 4.78 is 0. The van der Waals surface area contributed by atoms with Gasteiger partial charge in [-0.15, -0.1) is 0 Å². The van der Waals surface area contributed by atoms with Crippen LogP contribution in [0.5, 0.6) is 0 Å². The van der Waals surface area contributed by atoms with Crippen LogP contribution in [0.2, 0.25) is 0 Å². The van der Waals surface area contributed by atoms with Gasteiger partial charge in [0.15, 0.2) is 0 Å². The lowest BCUT2D eigenvalue weighted by Crippen LogP contribution is -2.14. The Balaban J connectivity index is 1.82. The average Bonchev–Trinajstić information content (AvgIpc) is 2.47. The Labute approximate surface area is 113 Å². The number of aromatic nitrogens is 2. The summed E-state index contributed by atoms with van der Waals surface area (Å²) in [5.41, 5.74) is 6.75. The summed E-state index contributed by atoms with van der Waals surface area (Å²) in [6, 6.07) is 12.3. The van der Waals surface area contributed by atoms with E-state index in [-0.39, 0.29) is 0 Å². The largest absolute Gasteiger partial charge is 0.370 e. The molecule has 19 heavy (non-hydrogen) atoms. The molecule has 0 aliphatic carbocycles. The summed E-state index contributed by atoms with van der Waals surface area (Å²) in [5.74, 6) is 1.62. The van der Waals surface area contributed by atoms with Crippen LogP contribution in [0.3, 0.4) is 0 Å². The number of benzene rings is 1. The van der Waals surface area contributed by atoms with Gasteiger partial charge in [-0.1, -0.05) is 30.3 Å². The zero-order valence-corrected chi connectivity index (χ0v) is 10.8. The Morgan fingerprint density at radius 1 is 0.947 bits per heavy atom. The molecule has 0 amide bonds. The standard InChI is InChI=1S/C14H19N5/c15-7-9-17-14-10-13(18-11-19-14)16-8-6-12-4-2-1-3-5-12/h1-5,10-11H,6-9,15H2,(H2,16,17,18,19). The summed E-state index contributed by atoms with van der Waals surface area (Å²) in [4.78, 5) is 8.31. The van der Waals surface area contributed by atoms with E-state index in [1.807, 2.05) is 12.1 Å². The van der Waals surface area contributed by atoms with Crippen LogP contribution in [-0.4, -0.2) is 29.6 Å². The maximum atomic E-state index is 5.44. The van der Waals surface area contributed by atoms with Crippen LogP contribution in [0, 0.1) is 0 Å². The molecule has 0 saturated heterocycles. The van der Waals surface area contributed by atoms with E-state index < -0.39 is 0 Å². The van der Waals surface area contributed by atoms with Gasteiger partial charge in [0.25, 0.3) is 0 Å². The lowest BCUT2D eigenvalue weighted by atomic mass is 10.1. The van der Waals surface area contributed by atoms with Crippen LogP contribution < -0.4 is 16.4 Å². The second-order valence-electron chi connectivity index (χ2n) is 4.17. The van der Waals surface area contributed by atoms with Gasteiger partial charge >= 0.3 is 0 Å². The van der Waals surface area contributed by atoms with E-state index >= 15 is 0 Å². The number of nitrogens with one attached hydrogen (secondary N) is 2. The van der Waals surface area contributed by atoms with Crippen molar-refractivity contribution >= 4 is 11.6 Å². The quantitative estimate of drug-likeness (QED) is 0.701. The van der Waals surface area contributed by atoms with E-state index in [2.05, 4.69) is 44.9 Å². The lowest BCUT2D eigenvalue weighted by Gasteiger charge is -2.08. The van der Waals surface area contributed by atoms with Gasteiger partial charge in [-0.25, -0.2) is 9.97 Å². The monoisotopic (exact) mass is 257 g/mol. The topological polar surface area (TPSA) is 75.9 Å². The highest BCUT2D eigenvalue weighted by Crippen LogP contribution is 2.08. The molecule has 0 saturated carbocycles. The highest BCUT2D eigenvalue weighted by atomic mass is 15.1. The van der Waals surface area contributed by atoms with Gasteiger partial charge in [-0.3, -0.25) is 0 Å². The molecular weight excluding hydrogens is 238 g/mol. The Hall–Kier alpha value is -2.14. The molecule has 0 bridgehead atoms. The number of nitrogens with zero attached hydrogens (tertiary/aromatic N) is 2. The number of hydrogen-bond acceptors (Lipinski definition) is 5. The highest BCUT2D eigenvalue weighted by molar-refractivity contribution is 5.46. The second-order valence-corrected chi connectivity index (χ2v) is 4.17. The molecule has 0 aliphatic heterocycles. The van der Waals surface area contributed by atoms with Crippen molar-refractivity contribution in [3.05, 3.63) is 48.3 Å². The van der Waals surface area contributed by atoms with E-state index in [9.17, 15) is 0 Å². The normalized spacial score (nSPS) is 10.2. The van der Waals surface area contributed by atoms with E-state index in [1.54, 1.807) is 6.33 Å². The van der Waals surface area contributed by atoms with Gasteiger partial charge < -0.3 is 16.4 Å². The molecule has 0 fully saturated rings. The van der Waals surface area contributed by atoms with E-state index in [1.165, 1.54) is 5.56 Å². The third-order valence-corrected chi connectivity index (χ3v) is 2.68. The van der Waals surface area contributed by atoms with Crippen molar-refractivity contribution in [3.8, 4) is 0 Å². The van der Waals surface area contributed by atoms with Gasteiger partial charge in [-0.05, 0) is 12.0 Å². The number of nitrogens with two attached hydrogens (primary N) is 1. The molecule has 2 rings (SSSR count). The SMILES string of the molecule is NCCNc1cc(NCCc2ccccc2)ncn1. The zero-order valence-electron chi connectivity index (χ0n) is 10.8. The molecule has 5 nitrogen and oxygen atoms in total. The van der Waals surface area contributed by atoms with Gasteiger partial charge in [0, 0.05) is 25.7 Å². The van der Waals surface area contributed by atoms with E-state index in [4.69, 9.17) is 5.73 Å². The van der Waals surface area contributed by atoms with Crippen molar-refractivity contribution in [1.82, 2.24) is 9.97 Å². The Morgan fingerprint density at radius 2 is 1.63 bits per heavy atom. The maximum absolute atomic E-state index is 5.44. The second kappa shape index (κ2) is 7.33. The van der Waals surface area contributed by atoms with Gasteiger partial charge in [0.1, 0.15) is 18.0 Å². The average molecular weight is 257 g/mol. The lowest BCUT2D eigenvalue weighted by molar-refractivity contribution is 0.986. The van der Waals surface area contributed by atoms with Gasteiger partial charge in [-0.2, -0.15) is 0 Å². The van der Waals surface area contributed by atoms with Gasteiger partial charge in [0.2, 0.25) is 0 Å². The highest BCUT2D eigenvalue weighted by Gasteiger charge is 1.98. The molecule has 100 valence electrons. The molecule has 1 aromatic heterocycles. The molecule has 0 radical (unpaired) electrons. The molecule has 5 heteroatoms. The van der Waals surface area contributed by atoms with E-state index in [0.717, 1.165) is 24.6 Å². The predicted molar refractivity (Wildman–Crippen MR) is 78.2 cm³/mol. The maximum Gasteiger partial charge on any atom is 0.131 e.